The third kappa shape index (κ3) is 4.89. The summed E-state index contributed by atoms with van der Waals surface area (Å²) in [5.74, 6) is 0.173. The van der Waals surface area contributed by atoms with Gasteiger partial charge in [0, 0.05) is 11.8 Å². The highest BCUT2D eigenvalue weighted by molar-refractivity contribution is 6.04. The van der Waals surface area contributed by atoms with Gasteiger partial charge >= 0.3 is 0 Å². The van der Waals surface area contributed by atoms with Crippen LogP contribution >= 0.6 is 0 Å². The summed E-state index contributed by atoms with van der Waals surface area (Å²) in [7, 11) is 0. The first-order chi connectivity index (χ1) is 15.4. The first-order valence-corrected chi connectivity index (χ1v) is 12.1. The first kappa shape index (κ1) is 24.4. The molecule has 5 heteroatoms. The minimum atomic E-state index is -0.580. The number of aryl methyl sites for hydroxylation is 1. The van der Waals surface area contributed by atoms with Crippen LogP contribution in [0.15, 0.2) is 36.5 Å². The van der Waals surface area contributed by atoms with Crippen molar-refractivity contribution in [3.8, 4) is 0 Å². The van der Waals surface area contributed by atoms with Crippen LogP contribution in [0, 0.1) is 12.8 Å². The van der Waals surface area contributed by atoms with E-state index in [1.54, 1.807) is 12.3 Å². The number of aliphatic hydroxyl groups is 2. The largest absolute Gasteiger partial charge is 0.393 e. The molecule has 0 spiro atoms. The number of nitrogens with one attached hydrogen (secondary N) is 1. The van der Waals surface area contributed by atoms with E-state index in [4.69, 9.17) is 0 Å². The highest BCUT2D eigenvalue weighted by Crippen LogP contribution is 2.53. The molecular formula is C27H38N2O3. The molecule has 0 bridgehead atoms. The van der Waals surface area contributed by atoms with Gasteiger partial charge in [-0.1, -0.05) is 33.3 Å². The molecule has 1 saturated carbocycles. The monoisotopic (exact) mass is 438 g/mol. The lowest BCUT2D eigenvalue weighted by Gasteiger charge is -2.46. The van der Waals surface area contributed by atoms with Crippen LogP contribution in [0.1, 0.15) is 99.0 Å². The molecule has 1 aromatic heterocycles. The van der Waals surface area contributed by atoms with Crippen molar-refractivity contribution in [3.05, 3.63) is 58.9 Å². The summed E-state index contributed by atoms with van der Waals surface area (Å²) in [6.07, 6.45) is 7.18. The van der Waals surface area contributed by atoms with Crippen LogP contribution in [0.3, 0.4) is 0 Å². The summed E-state index contributed by atoms with van der Waals surface area (Å²) in [6, 6.07) is 9.42. The van der Waals surface area contributed by atoms with E-state index in [1.165, 1.54) is 6.42 Å². The summed E-state index contributed by atoms with van der Waals surface area (Å²) in [5.41, 5.74) is 4.02. The standard InChI is InChI=1S/C24H30N2O3.C3H8/c1-3-24-11-10-18(27)14-17(24)7-9-22(28)19-13-16(6-8-20(19)24)23(29)26-21-5-4-12-25-15(21)2;1-3-2/h4-6,8,12-13,17-18,22,27-28H,3,7,9-11,14H2,1-2H3,(H,26,29);3H2,1-2H3. The highest BCUT2D eigenvalue weighted by Gasteiger charge is 2.46. The van der Waals surface area contributed by atoms with Gasteiger partial charge in [-0.3, -0.25) is 9.78 Å². The third-order valence-corrected chi connectivity index (χ3v) is 7.15. The summed E-state index contributed by atoms with van der Waals surface area (Å²) >= 11 is 0. The number of nitrogens with zero attached hydrogens (tertiary/aromatic N) is 1. The number of pyridine rings is 1. The zero-order chi connectivity index (χ0) is 23.3. The van der Waals surface area contributed by atoms with Crippen LogP contribution in [-0.2, 0) is 5.41 Å². The van der Waals surface area contributed by atoms with Crippen molar-refractivity contribution in [3.63, 3.8) is 0 Å². The van der Waals surface area contributed by atoms with Crippen LogP contribution in [0.4, 0.5) is 5.69 Å². The lowest BCUT2D eigenvalue weighted by atomic mass is 9.59. The van der Waals surface area contributed by atoms with Gasteiger partial charge in [0.15, 0.2) is 0 Å². The second kappa shape index (κ2) is 10.6. The lowest BCUT2D eigenvalue weighted by Crippen LogP contribution is -2.41. The number of aliphatic hydroxyl groups excluding tert-OH is 2. The molecule has 0 saturated heterocycles. The molecule has 4 atom stereocenters. The van der Waals surface area contributed by atoms with Gasteiger partial charge < -0.3 is 15.5 Å². The summed E-state index contributed by atoms with van der Waals surface area (Å²) in [6.45, 7) is 8.32. The Labute approximate surface area is 192 Å². The second-order valence-electron chi connectivity index (χ2n) is 9.33. The maximum Gasteiger partial charge on any atom is 0.255 e. The Bertz CT molecular complexity index is 929. The van der Waals surface area contributed by atoms with E-state index in [0.717, 1.165) is 48.9 Å². The van der Waals surface area contributed by atoms with Crippen LogP contribution in [0.2, 0.25) is 0 Å². The van der Waals surface area contributed by atoms with Crippen molar-refractivity contribution in [2.24, 2.45) is 5.92 Å². The Kier molecular flexibility index (Phi) is 8.07. The average Bonchev–Trinajstić information content (AvgIpc) is 2.90. The van der Waals surface area contributed by atoms with Gasteiger partial charge in [0.1, 0.15) is 0 Å². The number of carbonyl (C=O) groups excluding carboxylic acids is 1. The van der Waals surface area contributed by atoms with E-state index in [1.807, 2.05) is 31.2 Å². The smallest absolute Gasteiger partial charge is 0.255 e. The minimum absolute atomic E-state index is 0.0268. The van der Waals surface area contributed by atoms with Gasteiger partial charge in [-0.25, -0.2) is 0 Å². The zero-order valence-corrected chi connectivity index (χ0v) is 19.9. The van der Waals surface area contributed by atoms with E-state index < -0.39 is 6.10 Å². The number of rotatable bonds is 3. The Hall–Kier alpha value is -2.24. The number of benzene rings is 1. The maximum absolute atomic E-state index is 12.9. The van der Waals surface area contributed by atoms with Crippen LogP contribution in [0.25, 0.3) is 0 Å². The normalized spacial score (nSPS) is 26.6. The zero-order valence-electron chi connectivity index (χ0n) is 19.9. The molecule has 1 amide bonds. The highest BCUT2D eigenvalue weighted by atomic mass is 16.3. The Morgan fingerprint density at radius 3 is 2.59 bits per heavy atom. The van der Waals surface area contributed by atoms with E-state index in [2.05, 4.69) is 31.1 Å². The minimum Gasteiger partial charge on any atom is -0.393 e. The Balaban J connectivity index is 0.000000913. The molecule has 2 aromatic rings. The summed E-state index contributed by atoms with van der Waals surface area (Å²) in [4.78, 5) is 17.1. The quantitative estimate of drug-likeness (QED) is 0.574. The van der Waals surface area contributed by atoms with Crippen LogP contribution in [-0.4, -0.2) is 27.2 Å². The Morgan fingerprint density at radius 2 is 1.91 bits per heavy atom. The van der Waals surface area contributed by atoms with Crippen molar-refractivity contribution >= 4 is 11.6 Å². The second-order valence-corrected chi connectivity index (χ2v) is 9.33. The maximum atomic E-state index is 12.9. The van der Waals surface area contributed by atoms with Crippen molar-refractivity contribution < 1.29 is 15.0 Å². The van der Waals surface area contributed by atoms with E-state index in [9.17, 15) is 15.0 Å². The number of anilines is 1. The van der Waals surface area contributed by atoms with E-state index in [0.29, 0.717) is 23.6 Å². The molecule has 1 aromatic carbocycles. The number of amides is 1. The van der Waals surface area contributed by atoms with Crippen LogP contribution in [0.5, 0.6) is 0 Å². The number of carbonyl (C=O) groups is 1. The molecule has 5 nitrogen and oxygen atoms in total. The van der Waals surface area contributed by atoms with Gasteiger partial charge in [-0.2, -0.15) is 0 Å². The Morgan fingerprint density at radius 1 is 1.16 bits per heavy atom. The lowest BCUT2D eigenvalue weighted by molar-refractivity contribution is 0.0424. The van der Waals surface area contributed by atoms with Gasteiger partial charge in [-0.15, -0.1) is 0 Å². The summed E-state index contributed by atoms with van der Waals surface area (Å²) in [5, 5.41) is 24.1. The molecule has 0 aliphatic heterocycles. The van der Waals surface area contributed by atoms with E-state index >= 15 is 0 Å². The van der Waals surface area contributed by atoms with Gasteiger partial charge in [0.25, 0.3) is 5.91 Å². The topological polar surface area (TPSA) is 82.5 Å². The number of hydrogen-bond donors (Lipinski definition) is 3. The van der Waals surface area contributed by atoms with Gasteiger partial charge in [-0.05, 0) is 92.2 Å². The predicted octanol–water partition coefficient (Wildman–Crippen LogP) is 5.69. The molecule has 4 unspecified atom stereocenters. The fourth-order valence-electron chi connectivity index (χ4n) is 5.46. The third-order valence-electron chi connectivity index (χ3n) is 7.15. The predicted molar refractivity (Wildman–Crippen MR) is 129 cm³/mol. The van der Waals surface area contributed by atoms with E-state index in [-0.39, 0.29) is 17.4 Å². The SMILES string of the molecule is CCC.CCC12CCC(O)CC1CCC(O)c1cc(C(=O)Nc3cccnc3C)ccc12. The van der Waals surface area contributed by atoms with Crippen molar-refractivity contribution in [1.29, 1.82) is 0 Å². The number of fused-ring (bicyclic) bond motifs is 3. The molecular weight excluding hydrogens is 400 g/mol. The van der Waals surface area contributed by atoms with Crippen LogP contribution < -0.4 is 5.32 Å². The summed E-state index contributed by atoms with van der Waals surface area (Å²) < 4.78 is 0. The molecule has 32 heavy (non-hydrogen) atoms. The number of hydrogen-bond acceptors (Lipinski definition) is 4. The number of aromatic nitrogens is 1. The van der Waals surface area contributed by atoms with Crippen molar-refractivity contribution in [2.45, 2.75) is 90.3 Å². The molecule has 4 rings (SSSR count). The molecule has 174 valence electrons. The average molecular weight is 439 g/mol. The van der Waals surface area contributed by atoms with Crippen molar-refractivity contribution in [2.75, 3.05) is 5.32 Å². The van der Waals surface area contributed by atoms with Gasteiger partial charge in [0.2, 0.25) is 0 Å². The molecule has 3 N–H and O–H groups in total. The van der Waals surface area contributed by atoms with Gasteiger partial charge in [0.05, 0.1) is 23.6 Å². The molecule has 1 heterocycles. The molecule has 1 fully saturated rings. The molecule has 2 aliphatic carbocycles. The molecule has 2 aliphatic rings. The fraction of sp³-hybridized carbons (Fsp3) is 0.556. The van der Waals surface area contributed by atoms with Crippen molar-refractivity contribution in [1.82, 2.24) is 4.98 Å². The fourth-order valence-corrected chi connectivity index (χ4v) is 5.46. The first-order valence-electron chi connectivity index (χ1n) is 12.1. The molecule has 0 radical (unpaired) electrons.